The third kappa shape index (κ3) is 1.56. The first-order valence-corrected chi connectivity index (χ1v) is 6.21. The van der Waals surface area contributed by atoms with Crippen molar-refractivity contribution in [2.45, 2.75) is 0 Å². The summed E-state index contributed by atoms with van der Waals surface area (Å²) in [5.41, 5.74) is 1.76. The summed E-state index contributed by atoms with van der Waals surface area (Å²) in [6.07, 6.45) is 1.74. The minimum absolute atomic E-state index is 0.426. The van der Waals surface area contributed by atoms with Crippen LogP contribution in [-0.4, -0.2) is 33.3 Å². The molecular weight excluding hydrogens is 258 g/mol. The van der Waals surface area contributed by atoms with Crippen LogP contribution in [0.2, 0.25) is 0 Å². The molecule has 0 aliphatic carbocycles. The lowest BCUT2D eigenvalue weighted by atomic mass is 10.2. The van der Waals surface area contributed by atoms with Crippen molar-refractivity contribution in [1.29, 1.82) is 0 Å². The SMILES string of the molecule is [O-]n1nnc2cc3c(cc21)N(c1ccccn1)CCO3. The van der Waals surface area contributed by atoms with Gasteiger partial charge in [-0.1, -0.05) is 11.3 Å². The average molecular weight is 268 g/mol. The molecule has 0 unspecified atom stereocenters. The Morgan fingerprint density at radius 1 is 1.25 bits per heavy atom. The third-order valence-corrected chi connectivity index (χ3v) is 3.28. The minimum atomic E-state index is 0.426. The highest BCUT2D eigenvalue weighted by molar-refractivity contribution is 5.85. The van der Waals surface area contributed by atoms with Crippen LogP contribution in [-0.2, 0) is 0 Å². The summed E-state index contributed by atoms with van der Waals surface area (Å²) in [7, 11) is 0. The lowest BCUT2D eigenvalue weighted by Gasteiger charge is -2.30. The molecule has 0 fully saturated rings. The predicted octanol–water partition coefficient (Wildman–Crippen LogP) is 1.70. The number of pyridine rings is 1. The second kappa shape index (κ2) is 4.09. The van der Waals surface area contributed by atoms with Gasteiger partial charge in [-0.15, -0.1) is 5.10 Å². The summed E-state index contributed by atoms with van der Waals surface area (Å²) < 4.78 is 5.64. The Morgan fingerprint density at radius 3 is 3.05 bits per heavy atom. The van der Waals surface area contributed by atoms with E-state index < -0.39 is 0 Å². The van der Waals surface area contributed by atoms with Gasteiger partial charge < -0.3 is 14.8 Å². The van der Waals surface area contributed by atoms with Crippen molar-refractivity contribution in [3.8, 4) is 5.75 Å². The van der Waals surface area contributed by atoms with Crippen LogP contribution in [0.15, 0.2) is 36.5 Å². The van der Waals surface area contributed by atoms with Gasteiger partial charge >= 0.3 is 0 Å². The predicted molar refractivity (Wildman–Crippen MR) is 73.0 cm³/mol. The topological polar surface area (TPSA) is 79.1 Å². The van der Waals surface area contributed by atoms with Crippen LogP contribution in [0, 0.1) is 5.21 Å². The summed E-state index contributed by atoms with van der Waals surface area (Å²) in [5, 5.41) is 18.9. The van der Waals surface area contributed by atoms with E-state index in [0.29, 0.717) is 34.8 Å². The number of ether oxygens (including phenoxy) is 1. The molecule has 20 heavy (non-hydrogen) atoms. The van der Waals surface area contributed by atoms with E-state index in [1.54, 1.807) is 18.3 Å². The zero-order valence-electron chi connectivity index (χ0n) is 10.4. The van der Waals surface area contributed by atoms with E-state index in [0.717, 1.165) is 11.5 Å². The maximum absolute atomic E-state index is 11.6. The number of aromatic nitrogens is 4. The Kier molecular flexibility index (Phi) is 2.26. The monoisotopic (exact) mass is 268 g/mol. The van der Waals surface area contributed by atoms with Gasteiger partial charge in [-0.3, -0.25) is 4.85 Å². The largest absolute Gasteiger partial charge is 0.789 e. The Balaban J connectivity index is 1.91. The van der Waals surface area contributed by atoms with Crippen molar-refractivity contribution in [1.82, 2.24) is 20.1 Å². The van der Waals surface area contributed by atoms with Gasteiger partial charge in [0.05, 0.1) is 17.7 Å². The first-order valence-electron chi connectivity index (χ1n) is 6.21. The standard InChI is InChI=1S/C13H10N5O2/c19-18-10-8-11-12(7-9(10)15-16-18)20-6-5-17(11)13-3-1-2-4-14-13/h1-4,7-8H,5-6H2/q-1. The van der Waals surface area contributed by atoms with Gasteiger partial charge in [-0.25, -0.2) is 4.98 Å². The van der Waals surface area contributed by atoms with Crippen LogP contribution < -0.4 is 9.64 Å². The van der Waals surface area contributed by atoms with E-state index in [1.807, 2.05) is 23.1 Å². The highest BCUT2D eigenvalue weighted by Gasteiger charge is 2.22. The van der Waals surface area contributed by atoms with Crippen LogP contribution in [0.1, 0.15) is 0 Å². The molecule has 0 bridgehead atoms. The van der Waals surface area contributed by atoms with Crippen molar-refractivity contribution < 1.29 is 4.74 Å². The van der Waals surface area contributed by atoms with Gasteiger partial charge in [0, 0.05) is 12.3 Å². The number of benzene rings is 1. The van der Waals surface area contributed by atoms with Crippen molar-refractivity contribution in [2.75, 3.05) is 18.1 Å². The molecule has 0 saturated carbocycles. The molecule has 1 aliphatic heterocycles. The number of nitrogens with zero attached hydrogens (tertiary/aromatic N) is 5. The molecule has 0 saturated heterocycles. The molecule has 1 aliphatic rings. The lowest BCUT2D eigenvalue weighted by molar-refractivity contribution is 0.314. The lowest BCUT2D eigenvalue weighted by Crippen LogP contribution is -2.29. The average Bonchev–Trinajstić information content (AvgIpc) is 2.86. The smallest absolute Gasteiger partial charge is 0.145 e. The quantitative estimate of drug-likeness (QED) is 0.668. The number of hydrogen-bond donors (Lipinski definition) is 0. The molecule has 0 atom stereocenters. The molecule has 3 aromatic rings. The van der Waals surface area contributed by atoms with E-state index in [-0.39, 0.29) is 0 Å². The number of rotatable bonds is 1. The molecule has 7 nitrogen and oxygen atoms in total. The fourth-order valence-electron chi connectivity index (χ4n) is 2.36. The molecular formula is C13H10N5O2-. The van der Waals surface area contributed by atoms with Gasteiger partial charge in [0.25, 0.3) is 0 Å². The molecule has 0 amide bonds. The fraction of sp³-hybridized carbons (Fsp3) is 0.154. The van der Waals surface area contributed by atoms with E-state index >= 15 is 0 Å². The van der Waals surface area contributed by atoms with Crippen LogP contribution in [0.5, 0.6) is 5.75 Å². The number of fused-ring (bicyclic) bond motifs is 2. The maximum atomic E-state index is 11.6. The highest BCUT2D eigenvalue weighted by atomic mass is 16.5. The van der Waals surface area contributed by atoms with Gasteiger partial charge in [0.15, 0.2) is 0 Å². The molecule has 100 valence electrons. The summed E-state index contributed by atoms with van der Waals surface area (Å²) in [6, 6.07) is 9.19. The summed E-state index contributed by atoms with van der Waals surface area (Å²) in [6.45, 7) is 1.23. The van der Waals surface area contributed by atoms with Crippen LogP contribution in [0.4, 0.5) is 11.5 Å². The Bertz CT molecular complexity index is 771. The van der Waals surface area contributed by atoms with Gasteiger partial charge in [0.2, 0.25) is 0 Å². The summed E-state index contributed by atoms with van der Waals surface area (Å²) in [4.78, 5) is 6.88. The Hall–Kier alpha value is -2.83. The molecule has 3 heterocycles. The molecule has 0 radical (unpaired) electrons. The third-order valence-electron chi connectivity index (χ3n) is 3.28. The van der Waals surface area contributed by atoms with Crippen LogP contribution in [0.3, 0.4) is 0 Å². The number of anilines is 2. The molecule has 2 aromatic heterocycles. The van der Waals surface area contributed by atoms with E-state index in [2.05, 4.69) is 15.3 Å². The van der Waals surface area contributed by atoms with Gasteiger partial charge in [0.1, 0.15) is 23.7 Å². The van der Waals surface area contributed by atoms with E-state index in [1.165, 1.54) is 0 Å². The summed E-state index contributed by atoms with van der Waals surface area (Å²) in [5.74, 6) is 1.51. The van der Waals surface area contributed by atoms with Gasteiger partial charge in [-0.05, 0) is 18.2 Å². The van der Waals surface area contributed by atoms with Crippen LogP contribution in [0.25, 0.3) is 11.0 Å². The Labute approximate surface area is 114 Å². The summed E-state index contributed by atoms with van der Waals surface area (Å²) >= 11 is 0. The van der Waals surface area contributed by atoms with E-state index in [4.69, 9.17) is 4.74 Å². The molecule has 0 spiro atoms. The zero-order valence-corrected chi connectivity index (χ0v) is 10.4. The second-order valence-corrected chi connectivity index (χ2v) is 4.46. The number of hydrogen-bond acceptors (Lipinski definition) is 6. The van der Waals surface area contributed by atoms with Crippen molar-refractivity contribution in [2.24, 2.45) is 0 Å². The fourth-order valence-corrected chi connectivity index (χ4v) is 2.36. The maximum Gasteiger partial charge on any atom is 0.145 e. The zero-order chi connectivity index (χ0) is 13.5. The Morgan fingerprint density at radius 2 is 2.20 bits per heavy atom. The van der Waals surface area contributed by atoms with Crippen LogP contribution >= 0.6 is 0 Å². The van der Waals surface area contributed by atoms with Crippen molar-refractivity contribution >= 4 is 22.5 Å². The van der Waals surface area contributed by atoms with Crippen molar-refractivity contribution in [3.05, 3.63) is 41.7 Å². The first-order chi connectivity index (χ1) is 9.83. The molecule has 1 aromatic carbocycles. The molecule has 7 heteroatoms. The normalized spacial score (nSPS) is 14.1. The molecule has 4 rings (SSSR count). The molecule has 0 N–H and O–H groups in total. The minimum Gasteiger partial charge on any atom is -0.789 e. The van der Waals surface area contributed by atoms with Gasteiger partial charge in [-0.2, -0.15) is 0 Å². The second-order valence-electron chi connectivity index (χ2n) is 4.46. The first kappa shape index (κ1) is 11.0. The van der Waals surface area contributed by atoms with Crippen molar-refractivity contribution in [3.63, 3.8) is 0 Å². The highest BCUT2D eigenvalue weighted by Crippen LogP contribution is 2.38. The van der Waals surface area contributed by atoms with E-state index in [9.17, 15) is 5.21 Å².